The van der Waals surface area contributed by atoms with Crippen molar-refractivity contribution < 1.29 is 0 Å². The van der Waals surface area contributed by atoms with Crippen molar-refractivity contribution in [2.75, 3.05) is 0 Å². The Labute approximate surface area is 82.6 Å². The molecular weight excluding hydrogens is 174 g/mol. The molecule has 0 N–H and O–H groups in total. The molecule has 0 aliphatic carbocycles. The summed E-state index contributed by atoms with van der Waals surface area (Å²) in [4.78, 5) is 4.44. The third kappa shape index (κ3) is 1.16. The van der Waals surface area contributed by atoms with E-state index in [-0.39, 0.29) is 0 Å². The van der Waals surface area contributed by atoms with Crippen molar-refractivity contribution in [1.82, 2.24) is 9.55 Å². The first-order valence-electron chi connectivity index (χ1n) is 4.52. The summed E-state index contributed by atoms with van der Waals surface area (Å²) in [7, 11) is 1.99. The van der Waals surface area contributed by atoms with Crippen LogP contribution in [0.25, 0.3) is 11.0 Å². The maximum absolute atomic E-state index is 8.67. The quantitative estimate of drug-likeness (QED) is 0.681. The van der Waals surface area contributed by atoms with Crippen LogP contribution in [0.1, 0.15) is 11.4 Å². The molecular formula is C11H11N3. The molecule has 0 aliphatic rings. The van der Waals surface area contributed by atoms with Gasteiger partial charge in [-0.1, -0.05) is 12.1 Å². The Hall–Kier alpha value is -1.82. The first kappa shape index (κ1) is 8.76. The summed E-state index contributed by atoms with van der Waals surface area (Å²) in [5, 5.41) is 8.67. The predicted octanol–water partition coefficient (Wildman–Crippen LogP) is 1.95. The number of rotatable bonds is 1. The summed E-state index contributed by atoms with van der Waals surface area (Å²) in [6, 6.07) is 8.10. The van der Waals surface area contributed by atoms with Gasteiger partial charge in [-0.25, -0.2) is 4.98 Å². The molecule has 0 fully saturated rings. The number of para-hydroxylation sites is 1. The Morgan fingerprint density at radius 3 is 3.00 bits per heavy atom. The van der Waals surface area contributed by atoms with E-state index in [1.165, 1.54) is 0 Å². The van der Waals surface area contributed by atoms with Crippen LogP contribution in [0.2, 0.25) is 0 Å². The first-order valence-corrected chi connectivity index (χ1v) is 4.52. The van der Waals surface area contributed by atoms with Crippen molar-refractivity contribution >= 4 is 11.0 Å². The van der Waals surface area contributed by atoms with E-state index in [4.69, 9.17) is 5.26 Å². The van der Waals surface area contributed by atoms with Crippen LogP contribution in [0.15, 0.2) is 18.2 Å². The Balaban J connectivity index is 2.76. The van der Waals surface area contributed by atoms with Crippen molar-refractivity contribution in [3.05, 3.63) is 29.6 Å². The molecule has 1 heterocycles. The van der Waals surface area contributed by atoms with Gasteiger partial charge in [-0.15, -0.1) is 0 Å². The van der Waals surface area contributed by atoms with E-state index in [2.05, 4.69) is 11.1 Å². The highest BCUT2D eigenvalue weighted by molar-refractivity contribution is 5.79. The average molecular weight is 185 g/mol. The second-order valence-corrected chi connectivity index (χ2v) is 3.34. The first-order chi connectivity index (χ1) is 6.74. The van der Waals surface area contributed by atoms with Gasteiger partial charge >= 0.3 is 0 Å². The number of hydrogen-bond donors (Lipinski definition) is 0. The molecule has 0 radical (unpaired) electrons. The van der Waals surface area contributed by atoms with E-state index in [1.54, 1.807) is 0 Å². The Morgan fingerprint density at radius 1 is 1.50 bits per heavy atom. The van der Waals surface area contributed by atoms with Gasteiger partial charge < -0.3 is 4.57 Å². The molecule has 3 nitrogen and oxygen atoms in total. The molecule has 0 unspecified atom stereocenters. The van der Waals surface area contributed by atoms with Gasteiger partial charge in [0.2, 0.25) is 0 Å². The number of fused-ring (bicyclic) bond motifs is 1. The average Bonchev–Trinajstić information content (AvgIpc) is 2.46. The van der Waals surface area contributed by atoms with E-state index in [0.29, 0.717) is 6.42 Å². The molecule has 3 heteroatoms. The number of benzene rings is 1. The fourth-order valence-electron chi connectivity index (χ4n) is 1.62. The van der Waals surface area contributed by atoms with Gasteiger partial charge in [0.1, 0.15) is 5.82 Å². The molecule has 2 aromatic rings. The lowest BCUT2D eigenvalue weighted by molar-refractivity contribution is 0.886. The minimum atomic E-state index is 0.424. The zero-order valence-electron chi connectivity index (χ0n) is 8.28. The zero-order valence-corrected chi connectivity index (χ0v) is 8.28. The van der Waals surface area contributed by atoms with Crippen LogP contribution >= 0.6 is 0 Å². The number of imidazole rings is 1. The number of hydrogen-bond acceptors (Lipinski definition) is 2. The van der Waals surface area contributed by atoms with Crippen molar-refractivity contribution in [1.29, 1.82) is 5.26 Å². The summed E-state index contributed by atoms with van der Waals surface area (Å²) in [5.41, 5.74) is 3.05. The largest absolute Gasteiger partial charge is 0.331 e. The lowest BCUT2D eigenvalue weighted by Gasteiger charge is -1.97. The zero-order chi connectivity index (χ0) is 10.1. The van der Waals surface area contributed by atoms with Crippen LogP contribution < -0.4 is 0 Å². The number of nitriles is 1. The fraction of sp³-hybridized carbons (Fsp3) is 0.273. The highest BCUT2D eigenvalue weighted by atomic mass is 15.0. The van der Waals surface area contributed by atoms with Gasteiger partial charge in [-0.2, -0.15) is 5.26 Å². The third-order valence-corrected chi connectivity index (χ3v) is 2.49. The smallest absolute Gasteiger partial charge is 0.106 e. The normalized spacial score (nSPS) is 10.4. The maximum Gasteiger partial charge on any atom is 0.106 e. The van der Waals surface area contributed by atoms with Gasteiger partial charge in [-0.3, -0.25) is 0 Å². The molecule has 0 saturated carbocycles. The number of aryl methyl sites for hydroxylation is 2. The number of aromatic nitrogens is 2. The summed E-state index contributed by atoms with van der Waals surface area (Å²) in [6.45, 7) is 1.97. The molecule has 0 saturated heterocycles. The molecule has 0 bridgehead atoms. The second kappa shape index (κ2) is 3.15. The van der Waals surface area contributed by atoms with Crippen LogP contribution in [-0.2, 0) is 13.5 Å². The highest BCUT2D eigenvalue weighted by Crippen LogP contribution is 2.18. The molecule has 14 heavy (non-hydrogen) atoms. The maximum atomic E-state index is 8.67. The van der Waals surface area contributed by atoms with Gasteiger partial charge in [0.05, 0.1) is 23.5 Å². The number of nitrogens with zero attached hydrogens (tertiary/aromatic N) is 3. The van der Waals surface area contributed by atoms with E-state index in [0.717, 1.165) is 22.4 Å². The minimum Gasteiger partial charge on any atom is -0.331 e. The SMILES string of the molecule is Cc1nc2c(CC#N)cccc2n1C. The van der Waals surface area contributed by atoms with Crippen molar-refractivity contribution in [2.24, 2.45) is 7.05 Å². The van der Waals surface area contributed by atoms with Crippen molar-refractivity contribution in [3.63, 3.8) is 0 Å². The molecule has 1 aromatic carbocycles. The van der Waals surface area contributed by atoms with Crippen molar-refractivity contribution in [2.45, 2.75) is 13.3 Å². The Bertz CT molecular complexity index is 517. The van der Waals surface area contributed by atoms with Crippen molar-refractivity contribution in [3.8, 4) is 6.07 Å². The Kier molecular flexibility index (Phi) is 1.97. The fourth-order valence-corrected chi connectivity index (χ4v) is 1.62. The van der Waals surface area contributed by atoms with Crippen LogP contribution in [0.5, 0.6) is 0 Å². The molecule has 0 aliphatic heterocycles. The van der Waals surface area contributed by atoms with E-state index in [1.807, 2.05) is 36.7 Å². The Morgan fingerprint density at radius 2 is 2.29 bits per heavy atom. The molecule has 70 valence electrons. The molecule has 0 spiro atoms. The van der Waals surface area contributed by atoms with Gasteiger partial charge in [0.15, 0.2) is 0 Å². The lowest BCUT2D eigenvalue weighted by Crippen LogP contribution is -1.89. The summed E-state index contributed by atoms with van der Waals surface area (Å²) >= 11 is 0. The second-order valence-electron chi connectivity index (χ2n) is 3.34. The van der Waals surface area contributed by atoms with E-state index in [9.17, 15) is 0 Å². The van der Waals surface area contributed by atoms with Crippen LogP contribution in [0.3, 0.4) is 0 Å². The summed E-state index contributed by atoms with van der Waals surface area (Å²) < 4.78 is 2.04. The topological polar surface area (TPSA) is 41.6 Å². The summed E-state index contributed by atoms with van der Waals surface area (Å²) in [6.07, 6.45) is 0.424. The molecule has 2 rings (SSSR count). The third-order valence-electron chi connectivity index (χ3n) is 2.49. The van der Waals surface area contributed by atoms with Crippen LogP contribution in [0, 0.1) is 18.3 Å². The molecule has 0 atom stereocenters. The standard InChI is InChI=1S/C11H11N3/c1-8-13-11-9(6-7-12)4-3-5-10(11)14(8)2/h3-5H,6H2,1-2H3. The monoisotopic (exact) mass is 185 g/mol. The van der Waals surface area contributed by atoms with Crippen LogP contribution in [0.4, 0.5) is 0 Å². The van der Waals surface area contributed by atoms with E-state index >= 15 is 0 Å². The van der Waals surface area contributed by atoms with Gasteiger partial charge in [0.25, 0.3) is 0 Å². The van der Waals surface area contributed by atoms with Gasteiger partial charge in [-0.05, 0) is 18.6 Å². The lowest BCUT2D eigenvalue weighted by atomic mass is 10.1. The predicted molar refractivity (Wildman–Crippen MR) is 54.8 cm³/mol. The van der Waals surface area contributed by atoms with Gasteiger partial charge in [0, 0.05) is 7.05 Å². The molecule has 1 aromatic heterocycles. The van der Waals surface area contributed by atoms with E-state index < -0.39 is 0 Å². The highest BCUT2D eigenvalue weighted by Gasteiger charge is 2.07. The molecule has 0 amide bonds. The minimum absolute atomic E-state index is 0.424. The van der Waals surface area contributed by atoms with Crippen LogP contribution in [-0.4, -0.2) is 9.55 Å². The summed E-state index contributed by atoms with van der Waals surface area (Å²) in [5.74, 6) is 0.977.